The number of hydrogen-bond acceptors (Lipinski definition) is 2. The number of rotatable bonds is 7. The predicted octanol–water partition coefficient (Wildman–Crippen LogP) is 3.64. The minimum absolute atomic E-state index is 0.00740. The monoisotopic (exact) mass is 317 g/mol. The van der Waals surface area contributed by atoms with E-state index < -0.39 is 0 Å². The third kappa shape index (κ3) is 5.08. The molecule has 0 fully saturated rings. The molecule has 116 valence electrons. The molecule has 0 saturated carbocycles. The van der Waals surface area contributed by atoms with E-state index in [9.17, 15) is 4.79 Å². The van der Waals surface area contributed by atoms with Crippen molar-refractivity contribution in [2.75, 3.05) is 13.2 Å². The van der Waals surface area contributed by atoms with Crippen LogP contribution in [0.15, 0.2) is 48.5 Å². The van der Waals surface area contributed by atoms with Crippen LogP contribution in [0.5, 0.6) is 5.75 Å². The van der Waals surface area contributed by atoms with Crippen LogP contribution in [0.4, 0.5) is 0 Å². The number of amides is 1. The van der Waals surface area contributed by atoms with Crippen molar-refractivity contribution in [3.63, 3.8) is 0 Å². The molecule has 0 radical (unpaired) electrons. The zero-order valence-electron chi connectivity index (χ0n) is 12.6. The van der Waals surface area contributed by atoms with Gasteiger partial charge in [0.2, 0.25) is 5.91 Å². The highest BCUT2D eigenvalue weighted by Gasteiger charge is 2.04. The van der Waals surface area contributed by atoms with Crippen LogP contribution in [0.1, 0.15) is 18.1 Å². The molecule has 0 unspecified atom stereocenters. The molecule has 0 aliphatic heterocycles. The zero-order valence-corrected chi connectivity index (χ0v) is 13.4. The highest BCUT2D eigenvalue weighted by Crippen LogP contribution is 2.22. The van der Waals surface area contributed by atoms with Crippen LogP contribution in [0.2, 0.25) is 5.02 Å². The summed E-state index contributed by atoms with van der Waals surface area (Å²) in [6, 6.07) is 15.4. The van der Waals surface area contributed by atoms with E-state index in [1.54, 1.807) is 12.1 Å². The molecule has 0 aliphatic rings. The molecule has 0 aromatic heterocycles. The van der Waals surface area contributed by atoms with Gasteiger partial charge >= 0.3 is 0 Å². The fraction of sp³-hybridized carbons (Fsp3) is 0.278. The van der Waals surface area contributed by atoms with Gasteiger partial charge in [0.25, 0.3) is 0 Å². The molecule has 2 aromatic rings. The van der Waals surface area contributed by atoms with Gasteiger partial charge in [0, 0.05) is 0 Å². The fourth-order valence-corrected chi connectivity index (χ4v) is 2.24. The molecule has 2 aromatic carbocycles. The molecule has 2 rings (SSSR count). The number of hydrogen-bond donors (Lipinski definition) is 1. The Bertz CT molecular complexity index is 611. The summed E-state index contributed by atoms with van der Waals surface area (Å²) < 4.78 is 5.52. The number of para-hydroxylation sites is 1. The first-order valence-corrected chi connectivity index (χ1v) is 7.78. The van der Waals surface area contributed by atoms with Crippen LogP contribution in [-0.4, -0.2) is 19.1 Å². The second-order valence-electron chi connectivity index (χ2n) is 4.98. The normalized spacial score (nSPS) is 10.3. The number of halogens is 1. The first-order chi connectivity index (χ1) is 10.7. The van der Waals surface area contributed by atoms with E-state index in [4.69, 9.17) is 16.3 Å². The summed E-state index contributed by atoms with van der Waals surface area (Å²) in [4.78, 5) is 11.9. The first-order valence-electron chi connectivity index (χ1n) is 7.41. The Morgan fingerprint density at radius 3 is 2.45 bits per heavy atom. The van der Waals surface area contributed by atoms with Gasteiger partial charge < -0.3 is 10.1 Å². The number of carbonyl (C=O) groups is 1. The van der Waals surface area contributed by atoms with Gasteiger partial charge in [0.1, 0.15) is 12.4 Å². The highest BCUT2D eigenvalue weighted by atomic mass is 35.5. The fourth-order valence-electron chi connectivity index (χ4n) is 2.05. The average molecular weight is 318 g/mol. The molecular weight excluding hydrogens is 298 g/mol. The molecule has 1 N–H and O–H groups in total. The van der Waals surface area contributed by atoms with Crippen LogP contribution in [-0.2, 0) is 17.6 Å². The van der Waals surface area contributed by atoms with Crippen LogP contribution in [0, 0.1) is 0 Å². The number of nitrogens with one attached hydrogen (secondary N) is 1. The first kappa shape index (κ1) is 16.4. The number of carbonyl (C=O) groups excluding carboxylic acids is 1. The zero-order chi connectivity index (χ0) is 15.8. The van der Waals surface area contributed by atoms with Gasteiger partial charge in [-0.1, -0.05) is 54.9 Å². The summed E-state index contributed by atoms with van der Waals surface area (Å²) in [5, 5.41) is 3.42. The van der Waals surface area contributed by atoms with Gasteiger partial charge in [-0.2, -0.15) is 0 Å². The lowest BCUT2D eigenvalue weighted by molar-refractivity contribution is -0.120. The smallest absolute Gasteiger partial charge is 0.224 e. The van der Waals surface area contributed by atoms with Gasteiger partial charge in [-0.05, 0) is 29.7 Å². The second-order valence-corrected chi connectivity index (χ2v) is 5.38. The minimum atomic E-state index is -0.00740. The maximum Gasteiger partial charge on any atom is 0.224 e. The largest absolute Gasteiger partial charge is 0.490 e. The molecule has 0 saturated heterocycles. The summed E-state index contributed by atoms with van der Waals surface area (Å²) in [5.41, 5.74) is 2.29. The van der Waals surface area contributed by atoms with Gasteiger partial charge in [-0.3, -0.25) is 4.79 Å². The number of ether oxygens (including phenoxy) is 1. The summed E-state index contributed by atoms with van der Waals surface area (Å²) in [6.07, 6.45) is 1.39. The molecule has 1 amide bonds. The Labute approximate surface area is 136 Å². The molecule has 0 aliphatic carbocycles. The predicted molar refractivity (Wildman–Crippen MR) is 89.5 cm³/mol. The van der Waals surface area contributed by atoms with Crippen LogP contribution < -0.4 is 10.1 Å². The maximum atomic E-state index is 11.9. The van der Waals surface area contributed by atoms with Gasteiger partial charge in [0.15, 0.2) is 0 Å². The summed E-state index contributed by atoms with van der Waals surface area (Å²) in [7, 11) is 0. The van der Waals surface area contributed by atoms with Crippen molar-refractivity contribution >= 4 is 17.5 Å². The van der Waals surface area contributed by atoms with Crippen molar-refractivity contribution in [3.05, 3.63) is 64.7 Å². The number of benzene rings is 2. The molecule has 0 bridgehead atoms. The van der Waals surface area contributed by atoms with E-state index in [1.807, 2.05) is 24.3 Å². The molecular formula is C18H20ClNO2. The van der Waals surface area contributed by atoms with E-state index in [2.05, 4.69) is 24.4 Å². The highest BCUT2D eigenvalue weighted by molar-refractivity contribution is 6.32. The van der Waals surface area contributed by atoms with Crippen molar-refractivity contribution in [3.8, 4) is 5.75 Å². The average Bonchev–Trinajstić information content (AvgIpc) is 2.54. The Morgan fingerprint density at radius 1 is 1.09 bits per heavy atom. The molecule has 0 spiro atoms. The van der Waals surface area contributed by atoms with E-state index in [1.165, 1.54) is 5.56 Å². The van der Waals surface area contributed by atoms with Gasteiger partial charge in [-0.15, -0.1) is 0 Å². The van der Waals surface area contributed by atoms with Gasteiger partial charge in [-0.25, -0.2) is 0 Å². The topological polar surface area (TPSA) is 38.3 Å². The second kappa shape index (κ2) is 8.44. The van der Waals surface area contributed by atoms with Crippen molar-refractivity contribution in [2.24, 2.45) is 0 Å². The lowest BCUT2D eigenvalue weighted by Gasteiger charge is -2.09. The summed E-state index contributed by atoms with van der Waals surface area (Å²) in [6.45, 7) is 2.96. The number of aryl methyl sites for hydroxylation is 1. The third-order valence-electron chi connectivity index (χ3n) is 3.31. The van der Waals surface area contributed by atoms with E-state index >= 15 is 0 Å². The SMILES string of the molecule is CCc1ccc(CC(=O)NCCOc2ccccc2Cl)cc1. The van der Waals surface area contributed by atoms with E-state index in [-0.39, 0.29) is 5.91 Å². The van der Waals surface area contributed by atoms with Gasteiger partial charge in [0.05, 0.1) is 18.0 Å². The quantitative estimate of drug-likeness (QED) is 0.792. The molecule has 22 heavy (non-hydrogen) atoms. The molecule has 3 nitrogen and oxygen atoms in total. The Balaban J connectivity index is 1.70. The molecule has 4 heteroatoms. The van der Waals surface area contributed by atoms with Crippen LogP contribution in [0.3, 0.4) is 0 Å². The van der Waals surface area contributed by atoms with Crippen molar-refractivity contribution in [1.29, 1.82) is 0 Å². The maximum absolute atomic E-state index is 11.9. The molecule has 0 heterocycles. The minimum Gasteiger partial charge on any atom is -0.490 e. The standard InChI is InChI=1S/C18H20ClNO2/c1-2-14-7-9-15(10-8-14)13-18(21)20-11-12-22-17-6-4-3-5-16(17)19/h3-10H,2,11-13H2,1H3,(H,20,21). The summed E-state index contributed by atoms with van der Waals surface area (Å²) >= 11 is 5.99. The third-order valence-corrected chi connectivity index (χ3v) is 3.63. The van der Waals surface area contributed by atoms with Crippen molar-refractivity contribution < 1.29 is 9.53 Å². The van der Waals surface area contributed by atoms with Crippen molar-refractivity contribution in [1.82, 2.24) is 5.32 Å². The Kier molecular flexibility index (Phi) is 6.28. The molecule has 0 atom stereocenters. The lowest BCUT2D eigenvalue weighted by Crippen LogP contribution is -2.29. The van der Waals surface area contributed by atoms with Crippen LogP contribution >= 0.6 is 11.6 Å². The van der Waals surface area contributed by atoms with Crippen LogP contribution in [0.25, 0.3) is 0 Å². The Hall–Kier alpha value is -2.00. The Morgan fingerprint density at radius 2 is 1.77 bits per heavy atom. The lowest BCUT2D eigenvalue weighted by atomic mass is 10.1. The van der Waals surface area contributed by atoms with E-state index in [0.717, 1.165) is 12.0 Å². The van der Waals surface area contributed by atoms with Crippen molar-refractivity contribution in [2.45, 2.75) is 19.8 Å². The van der Waals surface area contributed by atoms with E-state index in [0.29, 0.717) is 30.3 Å². The summed E-state index contributed by atoms with van der Waals surface area (Å²) in [5.74, 6) is 0.626.